The van der Waals surface area contributed by atoms with E-state index in [4.69, 9.17) is 11.6 Å². The molecule has 1 N–H and O–H groups in total. The van der Waals surface area contributed by atoms with E-state index >= 15 is 0 Å². The maximum absolute atomic E-state index is 12.8. The largest absolute Gasteiger partial charge is 0.320 e. The second-order valence-corrected chi connectivity index (χ2v) is 3.70. The van der Waals surface area contributed by atoms with E-state index in [1.807, 2.05) is 0 Å². The topological polar surface area (TPSA) is 29.1 Å². The highest BCUT2D eigenvalue weighted by molar-refractivity contribution is 9.10. The second kappa shape index (κ2) is 4.57. The molecule has 0 fully saturated rings. The Labute approximate surface area is 93.9 Å². The van der Waals surface area contributed by atoms with Gasteiger partial charge in [0.25, 0.3) is 0 Å². The lowest BCUT2D eigenvalue weighted by Crippen LogP contribution is -2.08. The minimum Gasteiger partial charge on any atom is -0.320 e. The summed E-state index contributed by atoms with van der Waals surface area (Å²) >= 11 is 8.80. The molecule has 2 nitrogen and oxygen atoms in total. The van der Waals surface area contributed by atoms with Gasteiger partial charge in [-0.15, -0.1) is 0 Å². The van der Waals surface area contributed by atoms with E-state index in [0.717, 1.165) is 12.1 Å². The van der Waals surface area contributed by atoms with Crippen LogP contribution < -0.4 is 5.32 Å². The first-order chi connectivity index (χ1) is 6.54. The monoisotopic (exact) mass is 277 g/mol. The van der Waals surface area contributed by atoms with Crippen LogP contribution in [0.25, 0.3) is 0 Å². The van der Waals surface area contributed by atoms with Gasteiger partial charge in [0.15, 0.2) is 0 Å². The molecular weight excluding hydrogens is 272 g/mol. The van der Waals surface area contributed by atoms with Crippen LogP contribution in [0.3, 0.4) is 0 Å². The van der Waals surface area contributed by atoms with Gasteiger partial charge >= 0.3 is 0 Å². The molecule has 0 unspecified atom stereocenters. The number of amides is 1. The van der Waals surface area contributed by atoms with Crippen molar-refractivity contribution in [1.82, 2.24) is 0 Å². The van der Waals surface area contributed by atoms with Crippen LogP contribution in [0.15, 0.2) is 29.3 Å². The number of carbonyl (C=O) groups is 1. The molecule has 1 aromatic carbocycles. The molecule has 0 bridgehead atoms. The van der Waals surface area contributed by atoms with E-state index < -0.39 is 11.7 Å². The molecule has 1 amide bonds. The molecule has 0 spiro atoms. The van der Waals surface area contributed by atoms with Gasteiger partial charge < -0.3 is 5.32 Å². The third kappa shape index (κ3) is 2.56. The Balaban J connectivity index is 3.08. The van der Waals surface area contributed by atoms with Crippen molar-refractivity contribution < 1.29 is 9.18 Å². The molecular formula is C9H6BrClFNO. The lowest BCUT2D eigenvalue weighted by Gasteiger charge is -2.07. The normalized spacial score (nSPS) is 9.64. The summed E-state index contributed by atoms with van der Waals surface area (Å²) in [6.45, 7) is 3.29. The molecule has 0 radical (unpaired) electrons. The van der Waals surface area contributed by atoms with Gasteiger partial charge in [0.05, 0.1) is 10.7 Å². The van der Waals surface area contributed by atoms with Crippen molar-refractivity contribution in [2.75, 3.05) is 5.32 Å². The van der Waals surface area contributed by atoms with Crippen LogP contribution in [0.2, 0.25) is 5.02 Å². The van der Waals surface area contributed by atoms with Crippen molar-refractivity contribution in [1.29, 1.82) is 0 Å². The average Bonchev–Trinajstić information content (AvgIpc) is 2.10. The highest BCUT2D eigenvalue weighted by Crippen LogP contribution is 2.31. The maximum Gasteiger partial charge on any atom is 0.247 e. The highest BCUT2D eigenvalue weighted by Gasteiger charge is 2.09. The van der Waals surface area contributed by atoms with Crippen molar-refractivity contribution in [2.45, 2.75) is 0 Å². The molecule has 1 rings (SSSR count). The predicted molar refractivity (Wildman–Crippen MR) is 57.9 cm³/mol. The minimum absolute atomic E-state index is 0.132. The number of hydrogen-bond acceptors (Lipinski definition) is 1. The molecule has 1 aromatic rings. The Morgan fingerprint density at radius 1 is 1.64 bits per heavy atom. The van der Waals surface area contributed by atoms with Gasteiger partial charge in [0, 0.05) is 4.47 Å². The quantitative estimate of drug-likeness (QED) is 0.826. The first kappa shape index (κ1) is 11.2. The molecule has 0 aliphatic carbocycles. The third-order valence-electron chi connectivity index (χ3n) is 1.44. The van der Waals surface area contributed by atoms with Crippen molar-refractivity contribution in [3.05, 3.63) is 40.1 Å². The van der Waals surface area contributed by atoms with Crippen LogP contribution in [0, 0.1) is 5.82 Å². The summed E-state index contributed by atoms with van der Waals surface area (Å²) in [4.78, 5) is 11.0. The number of hydrogen-bond donors (Lipinski definition) is 1. The SMILES string of the molecule is C=CC(=O)Nc1c(Cl)cc(F)cc1Br. The maximum atomic E-state index is 12.8. The minimum atomic E-state index is -0.474. The van der Waals surface area contributed by atoms with Crippen LogP contribution in [-0.4, -0.2) is 5.91 Å². The first-order valence-corrected chi connectivity index (χ1v) is 4.79. The predicted octanol–water partition coefficient (Wildman–Crippen LogP) is 3.37. The molecule has 0 atom stereocenters. The second-order valence-electron chi connectivity index (χ2n) is 2.44. The molecule has 0 aromatic heterocycles. The molecule has 0 heterocycles. The lowest BCUT2D eigenvalue weighted by molar-refractivity contribution is -0.111. The van der Waals surface area contributed by atoms with Crippen molar-refractivity contribution in [3.63, 3.8) is 0 Å². The molecule has 74 valence electrons. The zero-order valence-corrected chi connectivity index (χ0v) is 9.32. The zero-order valence-electron chi connectivity index (χ0n) is 6.98. The first-order valence-electron chi connectivity index (χ1n) is 3.62. The van der Waals surface area contributed by atoms with Gasteiger partial charge in [-0.1, -0.05) is 18.2 Å². The van der Waals surface area contributed by atoms with Crippen LogP contribution in [0.1, 0.15) is 0 Å². The summed E-state index contributed by atoms with van der Waals surface area (Å²) < 4.78 is 13.2. The van der Waals surface area contributed by atoms with E-state index in [2.05, 4.69) is 27.8 Å². The Kier molecular flexibility index (Phi) is 3.66. The van der Waals surface area contributed by atoms with E-state index in [1.165, 1.54) is 6.07 Å². The summed E-state index contributed by atoms with van der Waals surface area (Å²) in [6, 6.07) is 2.33. The number of rotatable bonds is 2. The lowest BCUT2D eigenvalue weighted by atomic mass is 10.3. The smallest absolute Gasteiger partial charge is 0.247 e. The number of halogens is 3. The molecule has 14 heavy (non-hydrogen) atoms. The van der Waals surface area contributed by atoms with Crippen molar-refractivity contribution in [3.8, 4) is 0 Å². The van der Waals surface area contributed by atoms with Gasteiger partial charge in [0.2, 0.25) is 5.91 Å². The number of nitrogens with one attached hydrogen (secondary N) is 1. The van der Waals surface area contributed by atoms with Crippen LogP contribution >= 0.6 is 27.5 Å². The van der Waals surface area contributed by atoms with Crippen LogP contribution in [-0.2, 0) is 4.79 Å². The Bertz CT molecular complexity index is 371. The summed E-state index contributed by atoms with van der Waals surface area (Å²) in [5.74, 6) is -0.877. The Hall–Kier alpha value is -0.870. The molecule has 0 aliphatic rings. The Morgan fingerprint density at radius 3 is 2.79 bits per heavy atom. The standard InChI is InChI=1S/C9H6BrClFNO/c1-2-8(14)13-9-6(10)3-5(12)4-7(9)11/h2-4H,1H2,(H,13,14). The number of benzene rings is 1. The number of anilines is 1. The summed E-state index contributed by atoms with van der Waals surface area (Å²) in [7, 11) is 0. The van der Waals surface area contributed by atoms with Gasteiger partial charge in [0.1, 0.15) is 5.82 Å². The molecule has 0 saturated carbocycles. The summed E-state index contributed by atoms with van der Waals surface area (Å²) in [6.07, 6.45) is 1.10. The van der Waals surface area contributed by atoms with E-state index in [9.17, 15) is 9.18 Å². The van der Waals surface area contributed by atoms with E-state index in [-0.39, 0.29) is 5.02 Å². The Morgan fingerprint density at radius 2 is 2.29 bits per heavy atom. The van der Waals surface area contributed by atoms with Gasteiger partial charge in [-0.3, -0.25) is 4.79 Å². The summed E-state index contributed by atoms with van der Waals surface area (Å²) in [5, 5.41) is 2.58. The molecule has 0 aliphatic heterocycles. The third-order valence-corrected chi connectivity index (χ3v) is 2.36. The molecule has 0 saturated heterocycles. The van der Waals surface area contributed by atoms with Gasteiger partial charge in [-0.05, 0) is 34.1 Å². The van der Waals surface area contributed by atoms with Crippen LogP contribution in [0.4, 0.5) is 10.1 Å². The average molecular weight is 279 g/mol. The zero-order chi connectivity index (χ0) is 10.7. The van der Waals surface area contributed by atoms with Crippen LogP contribution in [0.5, 0.6) is 0 Å². The number of carbonyl (C=O) groups excluding carboxylic acids is 1. The molecule has 5 heteroatoms. The van der Waals surface area contributed by atoms with Gasteiger partial charge in [-0.2, -0.15) is 0 Å². The van der Waals surface area contributed by atoms with Gasteiger partial charge in [-0.25, -0.2) is 4.39 Å². The van der Waals surface area contributed by atoms with E-state index in [0.29, 0.717) is 10.2 Å². The van der Waals surface area contributed by atoms with Crippen molar-refractivity contribution >= 4 is 39.1 Å². The fourth-order valence-electron chi connectivity index (χ4n) is 0.836. The van der Waals surface area contributed by atoms with E-state index in [1.54, 1.807) is 0 Å². The fourth-order valence-corrected chi connectivity index (χ4v) is 1.73. The fraction of sp³-hybridized carbons (Fsp3) is 0. The van der Waals surface area contributed by atoms with Crippen molar-refractivity contribution in [2.24, 2.45) is 0 Å². The summed E-state index contributed by atoms with van der Waals surface area (Å²) in [5.41, 5.74) is 0.331. The highest BCUT2D eigenvalue weighted by atomic mass is 79.9.